The van der Waals surface area contributed by atoms with Crippen LogP contribution >= 0.6 is 0 Å². The van der Waals surface area contributed by atoms with Crippen LogP contribution in [0.15, 0.2) is 30.5 Å². The topological polar surface area (TPSA) is 104 Å². The second-order valence-corrected chi connectivity index (χ2v) is 4.49. The minimum atomic E-state index is 0.0911. The summed E-state index contributed by atoms with van der Waals surface area (Å²) in [4.78, 5) is 27.6. The molecular weight excluding hydrogens is 282 g/mol. The van der Waals surface area contributed by atoms with E-state index in [0.717, 1.165) is 11.8 Å². The quantitative estimate of drug-likeness (QED) is 0.733. The number of hydrogen-bond acceptors (Lipinski definition) is 7. The largest absolute Gasteiger partial charge is 0.476 e. The van der Waals surface area contributed by atoms with Crippen molar-refractivity contribution in [1.82, 2.24) is 19.9 Å². The van der Waals surface area contributed by atoms with Gasteiger partial charge in [-0.25, -0.2) is 9.97 Å². The van der Waals surface area contributed by atoms with Crippen molar-refractivity contribution in [2.24, 2.45) is 0 Å². The molecule has 22 heavy (non-hydrogen) atoms. The van der Waals surface area contributed by atoms with E-state index < -0.39 is 0 Å². The fourth-order valence-corrected chi connectivity index (χ4v) is 2.01. The van der Waals surface area contributed by atoms with Crippen LogP contribution in [0.3, 0.4) is 0 Å². The number of ether oxygens (including phenoxy) is 1. The maximum absolute atomic E-state index is 10.7. The van der Waals surface area contributed by atoms with Crippen molar-refractivity contribution in [1.29, 1.82) is 0 Å². The van der Waals surface area contributed by atoms with E-state index in [0.29, 0.717) is 34.9 Å². The van der Waals surface area contributed by atoms with E-state index in [2.05, 4.69) is 19.9 Å². The normalized spacial score (nSPS) is 10.6. The van der Waals surface area contributed by atoms with Gasteiger partial charge in [0, 0.05) is 11.1 Å². The number of rotatable bonds is 4. The molecule has 0 atom stereocenters. The third kappa shape index (κ3) is 2.56. The van der Waals surface area contributed by atoms with Gasteiger partial charge < -0.3 is 10.5 Å². The Morgan fingerprint density at radius 3 is 2.64 bits per heavy atom. The molecule has 7 heteroatoms. The molecule has 0 amide bonds. The van der Waals surface area contributed by atoms with Crippen molar-refractivity contribution in [3.05, 3.63) is 36.0 Å². The Bertz CT molecular complexity index is 833. The van der Waals surface area contributed by atoms with Gasteiger partial charge in [0.25, 0.3) is 0 Å². The van der Waals surface area contributed by atoms with Crippen LogP contribution < -0.4 is 10.5 Å². The summed E-state index contributed by atoms with van der Waals surface area (Å²) in [5, 5.41) is 0. The van der Waals surface area contributed by atoms with Crippen molar-refractivity contribution in [2.45, 2.75) is 6.92 Å². The Kier molecular flexibility index (Phi) is 3.61. The van der Waals surface area contributed by atoms with Gasteiger partial charge >= 0.3 is 0 Å². The number of nitrogens with zero attached hydrogens (tertiary/aromatic N) is 4. The lowest BCUT2D eigenvalue weighted by molar-refractivity contribution is 0.112. The minimum Gasteiger partial charge on any atom is -0.476 e. The van der Waals surface area contributed by atoms with Gasteiger partial charge in [-0.05, 0) is 6.92 Å². The van der Waals surface area contributed by atoms with E-state index in [9.17, 15) is 4.79 Å². The number of anilines is 1. The number of nitrogen functional groups attached to an aromatic ring is 1. The summed E-state index contributed by atoms with van der Waals surface area (Å²) < 4.78 is 5.45. The van der Waals surface area contributed by atoms with Crippen LogP contribution in [-0.2, 0) is 0 Å². The summed E-state index contributed by atoms with van der Waals surface area (Å²) >= 11 is 0. The predicted octanol–water partition coefficient (Wildman–Crippen LogP) is 1.88. The maximum Gasteiger partial charge on any atom is 0.247 e. The Morgan fingerprint density at radius 2 is 1.95 bits per heavy atom. The Balaban J connectivity index is 2.13. The first kappa shape index (κ1) is 13.9. The molecule has 3 aromatic rings. The molecule has 0 radical (unpaired) electrons. The van der Waals surface area contributed by atoms with E-state index in [1.807, 2.05) is 6.92 Å². The molecule has 0 aliphatic heterocycles. The average molecular weight is 295 g/mol. The first-order valence-corrected chi connectivity index (χ1v) is 6.70. The third-order valence-corrected chi connectivity index (χ3v) is 3.02. The van der Waals surface area contributed by atoms with Gasteiger partial charge in [0.1, 0.15) is 6.29 Å². The zero-order chi connectivity index (χ0) is 15.5. The van der Waals surface area contributed by atoms with Gasteiger partial charge in [-0.2, -0.15) is 9.97 Å². The van der Waals surface area contributed by atoms with E-state index >= 15 is 0 Å². The standard InChI is InChI=1S/C15H13N5O2/c1-2-22-14-12-13(19-15(16)20-14)17-7-11(18-12)10-5-3-9(8-21)4-6-10/h3-8H,2H2,1H3,(H2,16,17,19,20). The second-order valence-electron chi connectivity index (χ2n) is 4.49. The van der Waals surface area contributed by atoms with Crippen LogP contribution in [-0.4, -0.2) is 32.8 Å². The Hall–Kier alpha value is -3.09. The number of carbonyl (C=O) groups excluding carboxylic acids is 1. The lowest BCUT2D eigenvalue weighted by Crippen LogP contribution is -2.04. The van der Waals surface area contributed by atoms with E-state index in [1.54, 1.807) is 30.5 Å². The van der Waals surface area contributed by atoms with Crippen LogP contribution in [0.5, 0.6) is 5.88 Å². The van der Waals surface area contributed by atoms with Crippen molar-refractivity contribution in [3.63, 3.8) is 0 Å². The van der Waals surface area contributed by atoms with Crippen molar-refractivity contribution in [2.75, 3.05) is 12.3 Å². The summed E-state index contributed by atoms with van der Waals surface area (Å²) in [5.74, 6) is 0.400. The van der Waals surface area contributed by atoms with Crippen molar-refractivity contribution < 1.29 is 9.53 Å². The minimum absolute atomic E-state index is 0.0911. The Labute approximate surface area is 126 Å². The van der Waals surface area contributed by atoms with E-state index in [-0.39, 0.29) is 5.95 Å². The monoisotopic (exact) mass is 295 g/mol. The van der Waals surface area contributed by atoms with Gasteiger partial charge in [0.2, 0.25) is 11.8 Å². The molecule has 0 aliphatic rings. The zero-order valence-corrected chi connectivity index (χ0v) is 11.9. The molecule has 0 aliphatic carbocycles. The molecule has 2 heterocycles. The van der Waals surface area contributed by atoms with Crippen molar-refractivity contribution in [3.8, 4) is 17.1 Å². The van der Waals surface area contributed by atoms with Gasteiger partial charge in [-0.3, -0.25) is 4.79 Å². The number of nitrogens with two attached hydrogens (primary N) is 1. The number of aromatic nitrogens is 4. The van der Waals surface area contributed by atoms with Crippen LogP contribution in [0.4, 0.5) is 5.95 Å². The SMILES string of the molecule is CCOc1nc(N)nc2ncc(-c3ccc(C=O)cc3)nc12. The molecule has 0 unspecified atom stereocenters. The summed E-state index contributed by atoms with van der Waals surface area (Å²) in [6.07, 6.45) is 2.39. The summed E-state index contributed by atoms with van der Waals surface area (Å²) in [7, 11) is 0. The molecule has 0 bridgehead atoms. The van der Waals surface area contributed by atoms with Crippen LogP contribution in [0.2, 0.25) is 0 Å². The second kappa shape index (κ2) is 5.72. The highest BCUT2D eigenvalue weighted by Crippen LogP contribution is 2.24. The van der Waals surface area contributed by atoms with Gasteiger partial charge in [-0.15, -0.1) is 0 Å². The molecule has 3 rings (SSSR count). The Morgan fingerprint density at radius 1 is 1.18 bits per heavy atom. The van der Waals surface area contributed by atoms with Crippen LogP contribution in [0.25, 0.3) is 22.4 Å². The molecule has 2 aromatic heterocycles. The number of carbonyl (C=O) groups is 1. The smallest absolute Gasteiger partial charge is 0.247 e. The molecule has 0 fully saturated rings. The fraction of sp³-hybridized carbons (Fsp3) is 0.133. The van der Waals surface area contributed by atoms with E-state index in [4.69, 9.17) is 10.5 Å². The molecule has 7 nitrogen and oxygen atoms in total. The highest BCUT2D eigenvalue weighted by Gasteiger charge is 2.12. The molecule has 110 valence electrons. The molecular formula is C15H13N5O2. The number of fused-ring (bicyclic) bond motifs is 1. The molecule has 2 N–H and O–H groups in total. The highest BCUT2D eigenvalue weighted by atomic mass is 16.5. The summed E-state index contributed by atoms with van der Waals surface area (Å²) in [6, 6.07) is 7.05. The zero-order valence-electron chi connectivity index (χ0n) is 11.9. The number of benzene rings is 1. The fourth-order valence-electron chi connectivity index (χ4n) is 2.01. The molecule has 0 saturated carbocycles. The molecule has 0 saturated heterocycles. The highest BCUT2D eigenvalue weighted by molar-refractivity contribution is 5.80. The maximum atomic E-state index is 10.7. The van der Waals surface area contributed by atoms with Gasteiger partial charge in [0.05, 0.1) is 18.5 Å². The van der Waals surface area contributed by atoms with E-state index in [1.165, 1.54) is 0 Å². The van der Waals surface area contributed by atoms with Gasteiger partial charge in [-0.1, -0.05) is 24.3 Å². The summed E-state index contributed by atoms with van der Waals surface area (Å²) in [5.41, 5.74) is 8.54. The molecule has 0 spiro atoms. The predicted molar refractivity (Wildman–Crippen MR) is 81.5 cm³/mol. The third-order valence-electron chi connectivity index (χ3n) is 3.02. The van der Waals surface area contributed by atoms with Gasteiger partial charge in [0.15, 0.2) is 11.2 Å². The average Bonchev–Trinajstić information content (AvgIpc) is 2.55. The number of hydrogen-bond donors (Lipinski definition) is 1. The number of aldehydes is 1. The lowest BCUT2D eigenvalue weighted by atomic mass is 10.1. The summed E-state index contributed by atoms with van der Waals surface area (Å²) in [6.45, 7) is 2.28. The first-order valence-electron chi connectivity index (χ1n) is 6.70. The van der Waals surface area contributed by atoms with Crippen LogP contribution in [0, 0.1) is 0 Å². The molecule has 1 aromatic carbocycles. The van der Waals surface area contributed by atoms with Crippen LogP contribution in [0.1, 0.15) is 17.3 Å². The lowest BCUT2D eigenvalue weighted by Gasteiger charge is -2.07. The van der Waals surface area contributed by atoms with Crippen molar-refractivity contribution >= 4 is 23.4 Å². The first-order chi connectivity index (χ1) is 10.7.